The van der Waals surface area contributed by atoms with E-state index in [1.54, 1.807) is 23.6 Å². The lowest BCUT2D eigenvalue weighted by Crippen LogP contribution is -2.24. The predicted octanol–water partition coefficient (Wildman–Crippen LogP) is 0.918. The predicted molar refractivity (Wildman–Crippen MR) is 74.1 cm³/mol. The largest absolute Gasteiger partial charge is 0.382 e. The van der Waals surface area contributed by atoms with Gasteiger partial charge in [0.2, 0.25) is 0 Å². The van der Waals surface area contributed by atoms with Gasteiger partial charge in [-0.3, -0.25) is 4.79 Å². The highest BCUT2D eigenvalue weighted by molar-refractivity contribution is 7.07. The van der Waals surface area contributed by atoms with Crippen molar-refractivity contribution in [2.24, 2.45) is 5.73 Å². The highest BCUT2D eigenvalue weighted by Crippen LogP contribution is 2.07. The molecule has 0 aromatic carbocycles. The lowest BCUT2D eigenvalue weighted by atomic mass is 10.2. The van der Waals surface area contributed by atoms with Crippen molar-refractivity contribution < 1.29 is 0 Å². The number of rotatable bonds is 6. The zero-order valence-corrected chi connectivity index (χ0v) is 10.8. The molecule has 0 bridgehead atoms. The first-order chi connectivity index (χ1) is 8.79. The van der Waals surface area contributed by atoms with Gasteiger partial charge in [0.15, 0.2) is 0 Å². The van der Waals surface area contributed by atoms with Crippen molar-refractivity contribution in [2.75, 3.05) is 18.4 Å². The summed E-state index contributed by atoms with van der Waals surface area (Å²) in [6.07, 6.45) is 2.48. The fourth-order valence-electron chi connectivity index (χ4n) is 1.58. The molecule has 2 aromatic rings. The molecule has 0 aliphatic rings. The van der Waals surface area contributed by atoms with E-state index < -0.39 is 0 Å². The minimum absolute atomic E-state index is 0.0905. The second-order valence-corrected chi connectivity index (χ2v) is 4.68. The van der Waals surface area contributed by atoms with E-state index in [-0.39, 0.29) is 5.56 Å². The number of hydrogen-bond donors (Lipinski definition) is 2. The third-order valence-corrected chi connectivity index (χ3v) is 3.27. The van der Waals surface area contributed by atoms with Crippen LogP contribution in [-0.2, 0) is 13.0 Å². The number of nitrogens with two attached hydrogens (primary N) is 1. The molecule has 6 heteroatoms. The molecule has 0 fully saturated rings. The average molecular weight is 264 g/mol. The summed E-state index contributed by atoms with van der Waals surface area (Å²) in [5.41, 5.74) is 7.25. The average Bonchev–Trinajstić information content (AvgIpc) is 2.88. The number of aryl methyl sites for hydroxylation is 2. The first-order valence-electron chi connectivity index (χ1n) is 5.82. The van der Waals surface area contributed by atoms with Gasteiger partial charge in [-0.1, -0.05) is 0 Å². The molecule has 0 unspecified atom stereocenters. The molecule has 0 radical (unpaired) electrons. The monoisotopic (exact) mass is 264 g/mol. The van der Waals surface area contributed by atoms with E-state index in [9.17, 15) is 4.79 Å². The third kappa shape index (κ3) is 3.41. The lowest BCUT2D eigenvalue weighted by Gasteiger charge is -2.06. The van der Waals surface area contributed by atoms with Gasteiger partial charge in [0.25, 0.3) is 5.56 Å². The smallest absolute Gasteiger partial charge is 0.268 e. The van der Waals surface area contributed by atoms with E-state index in [1.165, 1.54) is 10.2 Å². The van der Waals surface area contributed by atoms with Crippen LogP contribution in [0, 0.1) is 0 Å². The van der Waals surface area contributed by atoms with Crippen LogP contribution < -0.4 is 16.6 Å². The van der Waals surface area contributed by atoms with Crippen LogP contribution in [0.15, 0.2) is 33.9 Å². The Balaban J connectivity index is 1.99. The molecule has 0 amide bonds. The Bertz CT molecular complexity index is 535. The van der Waals surface area contributed by atoms with Crippen molar-refractivity contribution in [1.82, 2.24) is 9.78 Å². The van der Waals surface area contributed by atoms with E-state index in [4.69, 9.17) is 5.73 Å². The first-order valence-corrected chi connectivity index (χ1v) is 6.76. The highest BCUT2D eigenvalue weighted by atomic mass is 32.1. The normalized spacial score (nSPS) is 10.5. The second kappa shape index (κ2) is 6.32. The third-order valence-electron chi connectivity index (χ3n) is 2.54. The molecule has 5 nitrogen and oxygen atoms in total. The molecule has 0 saturated heterocycles. The van der Waals surface area contributed by atoms with Crippen molar-refractivity contribution >= 4 is 17.0 Å². The molecule has 2 rings (SSSR count). The summed E-state index contributed by atoms with van der Waals surface area (Å²) >= 11 is 1.66. The first kappa shape index (κ1) is 12.8. The maximum absolute atomic E-state index is 11.8. The zero-order chi connectivity index (χ0) is 12.8. The van der Waals surface area contributed by atoms with Crippen LogP contribution in [0.4, 0.5) is 5.69 Å². The molecule has 18 heavy (non-hydrogen) atoms. The summed E-state index contributed by atoms with van der Waals surface area (Å²) in [5.74, 6) is 0. The molecule has 0 saturated carbocycles. The topological polar surface area (TPSA) is 72.9 Å². The van der Waals surface area contributed by atoms with Crippen molar-refractivity contribution in [3.05, 3.63) is 45.0 Å². The van der Waals surface area contributed by atoms with Gasteiger partial charge in [-0.25, -0.2) is 4.68 Å². The molecule has 2 heterocycles. The maximum atomic E-state index is 11.8. The van der Waals surface area contributed by atoms with Gasteiger partial charge in [0.1, 0.15) is 0 Å². The van der Waals surface area contributed by atoms with Crippen LogP contribution in [0.2, 0.25) is 0 Å². The SMILES string of the molecule is NCCNc1cnn(CCc2ccsc2)c(=O)c1. The molecule has 96 valence electrons. The number of nitrogens with one attached hydrogen (secondary N) is 1. The number of thiophene rings is 1. The lowest BCUT2D eigenvalue weighted by molar-refractivity contribution is 0.579. The maximum Gasteiger partial charge on any atom is 0.268 e. The Morgan fingerprint density at radius 2 is 2.39 bits per heavy atom. The Kier molecular flexibility index (Phi) is 4.49. The van der Waals surface area contributed by atoms with Crippen molar-refractivity contribution in [1.29, 1.82) is 0 Å². The zero-order valence-electron chi connectivity index (χ0n) is 10.0. The second-order valence-electron chi connectivity index (χ2n) is 3.90. The number of aromatic nitrogens is 2. The van der Waals surface area contributed by atoms with Gasteiger partial charge in [-0.15, -0.1) is 0 Å². The number of hydrogen-bond acceptors (Lipinski definition) is 5. The molecule has 3 N–H and O–H groups in total. The summed E-state index contributed by atoms with van der Waals surface area (Å²) < 4.78 is 1.48. The summed E-state index contributed by atoms with van der Waals surface area (Å²) in [4.78, 5) is 11.8. The van der Waals surface area contributed by atoms with Gasteiger partial charge in [0.05, 0.1) is 11.9 Å². The Labute approximate surface area is 109 Å². The van der Waals surface area contributed by atoms with E-state index in [2.05, 4.69) is 21.9 Å². The Morgan fingerprint density at radius 3 is 3.06 bits per heavy atom. The van der Waals surface area contributed by atoms with Gasteiger partial charge >= 0.3 is 0 Å². The summed E-state index contributed by atoms with van der Waals surface area (Å²) in [5, 5.41) is 11.3. The van der Waals surface area contributed by atoms with Crippen LogP contribution in [-0.4, -0.2) is 22.9 Å². The van der Waals surface area contributed by atoms with Crippen molar-refractivity contribution in [2.45, 2.75) is 13.0 Å². The minimum Gasteiger partial charge on any atom is -0.382 e. The number of anilines is 1. The summed E-state index contributed by atoms with van der Waals surface area (Å²) in [6.45, 7) is 1.77. The number of nitrogens with zero attached hydrogens (tertiary/aromatic N) is 2. The summed E-state index contributed by atoms with van der Waals surface area (Å²) in [7, 11) is 0. The van der Waals surface area contributed by atoms with Crippen molar-refractivity contribution in [3.63, 3.8) is 0 Å². The van der Waals surface area contributed by atoms with Gasteiger partial charge in [-0.05, 0) is 28.8 Å². The van der Waals surface area contributed by atoms with E-state index in [1.807, 2.05) is 5.38 Å². The molecular formula is C12H16N4OS. The molecule has 0 spiro atoms. The standard InChI is InChI=1S/C12H16N4OS/c13-3-4-14-11-7-12(17)16(15-8-11)5-1-10-2-6-18-9-10/h2,6-9,14H,1,3-5,13H2. The highest BCUT2D eigenvalue weighted by Gasteiger charge is 2.00. The Hall–Kier alpha value is -1.66. The van der Waals surface area contributed by atoms with Crippen LogP contribution in [0.25, 0.3) is 0 Å². The molecule has 0 atom stereocenters. The Morgan fingerprint density at radius 1 is 1.50 bits per heavy atom. The van der Waals surface area contributed by atoms with Crippen LogP contribution >= 0.6 is 11.3 Å². The fraction of sp³-hybridized carbons (Fsp3) is 0.333. The summed E-state index contributed by atoms with van der Waals surface area (Å²) in [6, 6.07) is 3.61. The van der Waals surface area contributed by atoms with Crippen LogP contribution in [0.1, 0.15) is 5.56 Å². The van der Waals surface area contributed by atoms with Crippen LogP contribution in [0.3, 0.4) is 0 Å². The van der Waals surface area contributed by atoms with E-state index >= 15 is 0 Å². The molecule has 0 aliphatic carbocycles. The fourth-order valence-corrected chi connectivity index (χ4v) is 2.29. The van der Waals surface area contributed by atoms with Gasteiger partial charge in [0, 0.05) is 25.7 Å². The van der Waals surface area contributed by atoms with Gasteiger partial charge < -0.3 is 11.1 Å². The van der Waals surface area contributed by atoms with Gasteiger partial charge in [-0.2, -0.15) is 16.4 Å². The van der Waals surface area contributed by atoms with Crippen molar-refractivity contribution in [3.8, 4) is 0 Å². The minimum atomic E-state index is -0.0905. The molecular weight excluding hydrogens is 248 g/mol. The molecule has 0 aliphatic heterocycles. The van der Waals surface area contributed by atoms with Crippen LogP contribution in [0.5, 0.6) is 0 Å². The quantitative estimate of drug-likeness (QED) is 0.813. The van der Waals surface area contributed by atoms with E-state index in [0.717, 1.165) is 12.1 Å². The van der Waals surface area contributed by atoms with E-state index in [0.29, 0.717) is 19.6 Å². The molecule has 2 aromatic heterocycles.